The van der Waals surface area contributed by atoms with Crippen LogP contribution in [0.2, 0.25) is 0 Å². The molecule has 2 aromatic rings. The monoisotopic (exact) mass is 353 g/mol. The van der Waals surface area contributed by atoms with E-state index in [9.17, 15) is 9.18 Å². The molecule has 0 aliphatic rings. The van der Waals surface area contributed by atoms with Gasteiger partial charge >= 0.3 is 0 Å². The smallest absolute Gasteiger partial charge is 0.258 e. The summed E-state index contributed by atoms with van der Waals surface area (Å²) in [7, 11) is 0. The molecule has 0 saturated carbocycles. The van der Waals surface area contributed by atoms with E-state index in [0.717, 1.165) is 6.20 Å². The largest absolute Gasteiger partial charge is 0.389 e. The fourth-order valence-electron chi connectivity index (χ4n) is 1.52. The van der Waals surface area contributed by atoms with Crippen LogP contribution in [0.25, 0.3) is 0 Å². The van der Waals surface area contributed by atoms with Gasteiger partial charge in [-0.05, 0) is 40.2 Å². The molecule has 1 amide bonds. The van der Waals surface area contributed by atoms with Gasteiger partial charge in [-0.25, -0.2) is 4.39 Å². The van der Waals surface area contributed by atoms with Crippen LogP contribution < -0.4 is 11.1 Å². The molecule has 4 nitrogen and oxygen atoms in total. The third kappa shape index (κ3) is 3.17. The van der Waals surface area contributed by atoms with Crippen molar-refractivity contribution >= 4 is 44.7 Å². The minimum Gasteiger partial charge on any atom is -0.389 e. The van der Waals surface area contributed by atoms with Crippen LogP contribution in [0.4, 0.5) is 10.1 Å². The molecule has 1 heterocycles. The van der Waals surface area contributed by atoms with Gasteiger partial charge in [0.2, 0.25) is 0 Å². The Morgan fingerprint density at radius 3 is 2.75 bits per heavy atom. The number of aromatic nitrogens is 1. The number of halogens is 2. The van der Waals surface area contributed by atoms with E-state index in [-0.39, 0.29) is 10.6 Å². The van der Waals surface area contributed by atoms with E-state index in [0.29, 0.717) is 15.7 Å². The maximum Gasteiger partial charge on any atom is 0.258 e. The zero-order valence-corrected chi connectivity index (χ0v) is 12.5. The lowest BCUT2D eigenvalue weighted by Gasteiger charge is -2.09. The average Bonchev–Trinajstić information content (AvgIpc) is 2.41. The van der Waals surface area contributed by atoms with Gasteiger partial charge in [0.05, 0.1) is 17.4 Å². The molecule has 1 aromatic heterocycles. The standard InChI is InChI=1S/C13H9BrFN3OS/c14-9-5-7(12(16)20)1-2-11(9)18-13(19)8-3-4-17-6-10(8)15/h1-6H,(H2,16,20)(H,18,19). The van der Waals surface area contributed by atoms with E-state index in [4.69, 9.17) is 18.0 Å². The van der Waals surface area contributed by atoms with Crippen molar-refractivity contribution in [2.24, 2.45) is 5.73 Å². The molecule has 7 heteroatoms. The molecule has 1 aromatic carbocycles. The summed E-state index contributed by atoms with van der Waals surface area (Å²) in [5, 5.41) is 2.60. The van der Waals surface area contributed by atoms with E-state index in [1.807, 2.05) is 0 Å². The second kappa shape index (κ2) is 6.06. The molecular formula is C13H9BrFN3OS. The summed E-state index contributed by atoms with van der Waals surface area (Å²) in [6.45, 7) is 0. The van der Waals surface area contributed by atoms with Crippen LogP contribution in [0.1, 0.15) is 15.9 Å². The van der Waals surface area contributed by atoms with Gasteiger partial charge in [-0.15, -0.1) is 0 Å². The van der Waals surface area contributed by atoms with Crippen molar-refractivity contribution in [1.82, 2.24) is 4.98 Å². The topological polar surface area (TPSA) is 68.0 Å². The maximum absolute atomic E-state index is 13.4. The highest BCUT2D eigenvalue weighted by Crippen LogP contribution is 2.24. The summed E-state index contributed by atoms with van der Waals surface area (Å²) in [6.07, 6.45) is 2.34. The van der Waals surface area contributed by atoms with Crippen LogP contribution in [0.3, 0.4) is 0 Å². The molecule has 0 atom stereocenters. The van der Waals surface area contributed by atoms with Crippen molar-refractivity contribution in [3.63, 3.8) is 0 Å². The minimum atomic E-state index is -0.680. The normalized spacial score (nSPS) is 10.1. The second-order valence-corrected chi connectivity index (χ2v) is 5.16. The van der Waals surface area contributed by atoms with Gasteiger partial charge in [-0.3, -0.25) is 9.78 Å². The number of pyridine rings is 1. The van der Waals surface area contributed by atoms with Gasteiger partial charge in [-0.2, -0.15) is 0 Å². The predicted molar refractivity (Wildman–Crippen MR) is 82.2 cm³/mol. The third-order valence-electron chi connectivity index (χ3n) is 2.52. The molecule has 3 N–H and O–H groups in total. The third-order valence-corrected chi connectivity index (χ3v) is 3.41. The SMILES string of the molecule is NC(=S)c1ccc(NC(=O)c2ccncc2F)c(Br)c1. The van der Waals surface area contributed by atoms with E-state index in [1.54, 1.807) is 18.2 Å². The Balaban J connectivity index is 2.25. The van der Waals surface area contributed by atoms with E-state index >= 15 is 0 Å². The molecule has 0 radical (unpaired) electrons. The summed E-state index contributed by atoms with van der Waals surface area (Å²) in [5.41, 5.74) is 6.59. The molecule has 0 aliphatic carbocycles. The molecule has 0 unspecified atom stereocenters. The molecule has 0 fully saturated rings. The Bertz CT molecular complexity index is 693. The van der Waals surface area contributed by atoms with Crippen molar-refractivity contribution in [2.45, 2.75) is 0 Å². The fraction of sp³-hybridized carbons (Fsp3) is 0. The first-order chi connectivity index (χ1) is 9.49. The van der Waals surface area contributed by atoms with E-state index in [2.05, 4.69) is 26.2 Å². The molecule has 102 valence electrons. The number of nitrogens with zero attached hydrogens (tertiary/aromatic N) is 1. The minimum absolute atomic E-state index is 0.0784. The lowest BCUT2D eigenvalue weighted by Crippen LogP contribution is -2.15. The molecule has 0 spiro atoms. The number of amides is 1. The average molecular weight is 354 g/mol. The number of hydrogen-bond donors (Lipinski definition) is 2. The highest BCUT2D eigenvalue weighted by atomic mass is 79.9. The summed E-state index contributed by atoms with van der Waals surface area (Å²) < 4.78 is 14.0. The lowest BCUT2D eigenvalue weighted by atomic mass is 10.2. The predicted octanol–water partition coefficient (Wildman–Crippen LogP) is 2.87. The first-order valence-electron chi connectivity index (χ1n) is 5.49. The first-order valence-corrected chi connectivity index (χ1v) is 6.69. The Labute approximate surface area is 128 Å². The number of carbonyl (C=O) groups is 1. The molecule has 0 saturated heterocycles. The zero-order chi connectivity index (χ0) is 14.7. The summed E-state index contributed by atoms with van der Waals surface area (Å²) in [4.78, 5) is 15.8. The molecule has 0 aliphatic heterocycles. The van der Waals surface area contributed by atoms with Crippen LogP contribution >= 0.6 is 28.1 Å². The van der Waals surface area contributed by atoms with Gasteiger partial charge in [-0.1, -0.05) is 12.2 Å². The fourth-order valence-corrected chi connectivity index (χ4v) is 2.12. The van der Waals surface area contributed by atoms with Crippen molar-refractivity contribution < 1.29 is 9.18 Å². The second-order valence-electron chi connectivity index (χ2n) is 3.87. The molecule has 0 bridgehead atoms. The molecular weight excluding hydrogens is 345 g/mol. The first kappa shape index (κ1) is 14.5. The Kier molecular flexibility index (Phi) is 4.41. The quantitative estimate of drug-likeness (QED) is 0.832. The summed E-state index contributed by atoms with van der Waals surface area (Å²) in [6, 6.07) is 6.30. The number of nitrogens with two attached hydrogens (primary N) is 1. The highest BCUT2D eigenvalue weighted by Gasteiger charge is 2.13. The van der Waals surface area contributed by atoms with Crippen molar-refractivity contribution in [1.29, 1.82) is 0 Å². The number of nitrogens with one attached hydrogen (secondary N) is 1. The van der Waals surface area contributed by atoms with Crippen LogP contribution in [0.5, 0.6) is 0 Å². The number of anilines is 1. The van der Waals surface area contributed by atoms with Crippen LogP contribution in [-0.2, 0) is 0 Å². The summed E-state index contributed by atoms with van der Waals surface area (Å²) in [5.74, 6) is -1.24. The van der Waals surface area contributed by atoms with Crippen LogP contribution in [0.15, 0.2) is 41.1 Å². The Hall–Kier alpha value is -1.86. The zero-order valence-electron chi connectivity index (χ0n) is 10.1. The lowest BCUT2D eigenvalue weighted by molar-refractivity contribution is 0.102. The highest BCUT2D eigenvalue weighted by molar-refractivity contribution is 9.10. The van der Waals surface area contributed by atoms with Crippen molar-refractivity contribution in [3.8, 4) is 0 Å². The number of rotatable bonds is 3. The number of thiocarbonyl (C=S) groups is 1. The Morgan fingerprint density at radius 2 is 2.15 bits per heavy atom. The van der Waals surface area contributed by atoms with E-state index < -0.39 is 11.7 Å². The van der Waals surface area contributed by atoms with Crippen molar-refractivity contribution in [2.75, 3.05) is 5.32 Å². The summed E-state index contributed by atoms with van der Waals surface area (Å²) >= 11 is 8.16. The molecule has 2 rings (SSSR count). The number of benzene rings is 1. The van der Waals surface area contributed by atoms with Gasteiger partial charge in [0.25, 0.3) is 5.91 Å². The van der Waals surface area contributed by atoms with Crippen molar-refractivity contribution in [3.05, 3.63) is 58.1 Å². The maximum atomic E-state index is 13.4. The molecule has 20 heavy (non-hydrogen) atoms. The van der Waals surface area contributed by atoms with Gasteiger partial charge < -0.3 is 11.1 Å². The van der Waals surface area contributed by atoms with Gasteiger partial charge in [0.1, 0.15) is 4.99 Å². The number of carbonyl (C=O) groups excluding carboxylic acids is 1. The van der Waals surface area contributed by atoms with Gasteiger partial charge in [0, 0.05) is 16.2 Å². The van der Waals surface area contributed by atoms with Gasteiger partial charge in [0.15, 0.2) is 5.82 Å². The van der Waals surface area contributed by atoms with Crippen LogP contribution in [0, 0.1) is 5.82 Å². The van der Waals surface area contributed by atoms with Crippen LogP contribution in [-0.4, -0.2) is 15.9 Å². The Morgan fingerprint density at radius 1 is 1.40 bits per heavy atom. The van der Waals surface area contributed by atoms with E-state index in [1.165, 1.54) is 12.3 Å². The number of hydrogen-bond acceptors (Lipinski definition) is 3.